The van der Waals surface area contributed by atoms with E-state index in [4.69, 9.17) is 4.42 Å². The molecule has 4 heteroatoms. The van der Waals surface area contributed by atoms with Crippen LogP contribution in [-0.2, 0) is 4.79 Å². The lowest BCUT2D eigenvalue weighted by Gasteiger charge is -1.98. The first-order chi connectivity index (χ1) is 8.34. The van der Waals surface area contributed by atoms with Crippen molar-refractivity contribution in [3.8, 4) is 0 Å². The predicted octanol–water partition coefficient (Wildman–Crippen LogP) is 3.72. The molecule has 2 fully saturated rings. The second-order valence-corrected chi connectivity index (χ2v) is 6.45. The van der Waals surface area contributed by atoms with Crippen molar-refractivity contribution in [2.45, 2.75) is 12.8 Å². The molecule has 1 saturated heterocycles. The van der Waals surface area contributed by atoms with E-state index in [2.05, 4.69) is 0 Å². The third-order valence-corrected chi connectivity index (χ3v) is 5.66. The van der Waals surface area contributed by atoms with Gasteiger partial charge in [0.05, 0.1) is 6.26 Å². The quantitative estimate of drug-likeness (QED) is 0.723. The standard InChI is InChI=1S/C13H12O2S2/c14-12-9(8-10-2-1-5-15-10)3-4-11(12)13-16-6-7-17-13/h1-2,5,8H,3-4,6-7H2/b9-8+. The van der Waals surface area contributed by atoms with Crippen LogP contribution in [-0.4, -0.2) is 17.3 Å². The monoisotopic (exact) mass is 264 g/mol. The number of carbonyl (C=O) groups excluding carboxylic acids is 1. The Labute approximate surface area is 109 Å². The number of allylic oxidation sites excluding steroid dienone is 2. The molecule has 1 saturated carbocycles. The van der Waals surface area contributed by atoms with E-state index in [-0.39, 0.29) is 5.78 Å². The van der Waals surface area contributed by atoms with E-state index in [1.165, 1.54) is 4.24 Å². The van der Waals surface area contributed by atoms with Crippen molar-refractivity contribution in [3.63, 3.8) is 0 Å². The molecule has 88 valence electrons. The van der Waals surface area contributed by atoms with Gasteiger partial charge in [-0.05, 0) is 31.1 Å². The van der Waals surface area contributed by atoms with Crippen LogP contribution < -0.4 is 0 Å². The summed E-state index contributed by atoms with van der Waals surface area (Å²) in [5.41, 5.74) is 1.91. The third-order valence-electron chi connectivity index (χ3n) is 2.87. The van der Waals surface area contributed by atoms with E-state index < -0.39 is 0 Å². The Morgan fingerprint density at radius 3 is 2.76 bits per heavy atom. The van der Waals surface area contributed by atoms with Gasteiger partial charge < -0.3 is 4.42 Å². The predicted molar refractivity (Wildman–Crippen MR) is 72.9 cm³/mol. The summed E-state index contributed by atoms with van der Waals surface area (Å²) in [6.07, 6.45) is 5.24. The Bertz CT molecular complexity index is 489. The van der Waals surface area contributed by atoms with Gasteiger partial charge in [0.1, 0.15) is 5.76 Å². The van der Waals surface area contributed by atoms with Crippen molar-refractivity contribution in [1.29, 1.82) is 0 Å². The van der Waals surface area contributed by atoms with Gasteiger partial charge in [-0.3, -0.25) is 4.79 Å². The molecule has 0 N–H and O–H groups in total. The maximum absolute atomic E-state index is 12.2. The minimum absolute atomic E-state index is 0.221. The van der Waals surface area contributed by atoms with E-state index in [0.717, 1.165) is 41.3 Å². The molecule has 2 heterocycles. The number of ketones is 1. The number of rotatable bonds is 1. The summed E-state index contributed by atoms with van der Waals surface area (Å²) in [7, 11) is 0. The average Bonchev–Trinajstić information content (AvgIpc) is 3.03. The number of Topliss-reactive ketones (excluding diaryl/α,β-unsaturated/α-hetero) is 1. The van der Waals surface area contributed by atoms with Crippen molar-refractivity contribution in [1.82, 2.24) is 0 Å². The van der Waals surface area contributed by atoms with E-state index in [0.29, 0.717) is 0 Å². The highest BCUT2D eigenvalue weighted by Gasteiger charge is 2.28. The number of thioether (sulfide) groups is 2. The first kappa shape index (κ1) is 11.2. The smallest absolute Gasteiger partial charge is 0.186 e. The van der Waals surface area contributed by atoms with E-state index in [1.54, 1.807) is 6.26 Å². The van der Waals surface area contributed by atoms with Gasteiger partial charge in [0, 0.05) is 26.9 Å². The minimum atomic E-state index is 0.221. The number of hydrogen-bond donors (Lipinski definition) is 0. The van der Waals surface area contributed by atoms with Crippen LogP contribution in [0.2, 0.25) is 0 Å². The summed E-state index contributed by atoms with van der Waals surface area (Å²) in [6.45, 7) is 0. The zero-order valence-electron chi connectivity index (χ0n) is 9.27. The SMILES string of the molecule is O=C1C(=C2SCCS2)CC/C1=C\c1ccco1. The van der Waals surface area contributed by atoms with Crippen LogP contribution in [0.3, 0.4) is 0 Å². The molecule has 0 aromatic carbocycles. The molecule has 1 aliphatic heterocycles. The summed E-state index contributed by atoms with van der Waals surface area (Å²) in [6, 6.07) is 3.72. The normalized spacial score (nSPS) is 23.1. The summed E-state index contributed by atoms with van der Waals surface area (Å²) in [5.74, 6) is 3.26. The van der Waals surface area contributed by atoms with Gasteiger partial charge in [0.25, 0.3) is 0 Å². The van der Waals surface area contributed by atoms with Crippen molar-refractivity contribution in [2.75, 3.05) is 11.5 Å². The van der Waals surface area contributed by atoms with Crippen molar-refractivity contribution >= 4 is 35.4 Å². The average molecular weight is 264 g/mol. The molecule has 0 bridgehead atoms. The van der Waals surface area contributed by atoms with Crippen LogP contribution in [0.15, 0.2) is 38.2 Å². The highest BCUT2D eigenvalue weighted by atomic mass is 32.2. The molecule has 0 amide bonds. The number of carbonyl (C=O) groups is 1. The zero-order valence-corrected chi connectivity index (χ0v) is 10.9. The van der Waals surface area contributed by atoms with Crippen LogP contribution in [0.1, 0.15) is 18.6 Å². The molecule has 0 atom stereocenters. The summed E-state index contributed by atoms with van der Waals surface area (Å²) in [5, 5.41) is 0. The minimum Gasteiger partial charge on any atom is -0.465 e. The highest BCUT2D eigenvalue weighted by molar-refractivity contribution is 8.25. The molecular formula is C13H12O2S2. The van der Waals surface area contributed by atoms with E-state index in [1.807, 2.05) is 41.7 Å². The molecule has 0 unspecified atom stereocenters. The van der Waals surface area contributed by atoms with Gasteiger partial charge in [0.15, 0.2) is 5.78 Å². The summed E-state index contributed by atoms with van der Waals surface area (Å²) < 4.78 is 6.50. The van der Waals surface area contributed by atoms with Crippen LogP contribution in [0.5, 0.6) is 0 Å². The Kier molecular flexibility index (Phi) is 3.16. The molecule has 0 radical (unpaired) electrons. The molecule has 2 nitrogen and oxygen atoms in total. The Balaban J connectivity index is 1.87. The van der Waals surface area contributed by atoms with Gasteiger partial charge >= 0.3 is 0 Å². The lowest BCUT2D eigenvalue weighted by atomic mass is 10.1. The Hall–Kier alpha value is -0.870. The van der Waals surface area contributed by atoms with Crippen LogP contribution >= 0.6 is 23.5 Å². The maximum atomic E-state index is 12.2. The van der Waals surface area contributed by atoms with Gasteiger partial charge in [-0.25, -0.2) is 0 Å². The second-order valence-electron chi connectivity index (χ2n) is 3.98. The van der Waals surface area contributed by atoms with E-state index >= 15 is 0 Å². The van der Waals surface area contributed by atoms with Crippen LogP contribution in [0.4, 0.5) is 0 Å². The lowest BCUT2D eigenvalue weighted by molar-refractivity contribution is -0.111. The third kappa shape index (κ3) is 2.24. The molecule has 0 spiro atoms. The number of hydrogen-bond acceptors (Lipinski definition) is 4. The van der Waals surface area contributed by atoms with Gasteiger partial charge in [-0.2, -0.15) is 0 Å². The molecule has 17 heavy (non-hydrogen) atoms. The zero-order chi connectivity index (χ0) is 11.7. The Morgan fingerprint density at radius 2 is 2.06 bits per heavy atom. The molecule has 1 aromatic heterocycles. The van der Waals surface area contributed by atoms with Gasteiger partial charge in [-0.1, -0.05) is 0 Å². The second kappa shape index (κ2) is 4.78. The molecule has 1 aliphatic carbocycles. The fourth-order valence-electron chi connectivity index (χ4n) is 2.04. The molecule has 2 aliphatic rings. The maximum Gasteiger partial charge on any atom is 0.186 e. The topological polar surface area (TPSA) is 30.2 Å². The summed E-state index contributed by atoms with van der Waals surface area (Å²) in [4.78, 5) is 12.2. The van der Waals surface area contributed by atoms with Gasteiger partial charge in [-0.15, -0.1) is 23.5 Å². The molecule has 1 aromatic rings. The fraction of sp³-hybridized carbons (Fsp3) is 0.308. The van der Waals surface area contributed by atoms with Crippen molar-refractivity contribution in [3.05, 3.63) is 39.5 Å². The lowest BCUT2D eigenvalue weighted by Crippen LogP contribution is -1.96. The van der Waals surface area contributed by atoms with Gasteiger partial charge in [0.2, 0.25) is 0 Å². The fourth-order valence-corrected chi connectivity index (χ4v) is 4.65. The highest BCUT2D eigenvalue weighted by Crippen LogP contribution is 2.43. The summed E-state index contributed by atoms with van der Waals surface area (Å²) >= 11 is 3.65. The first-order valence-electron chi connectivity index (χ1n) is 5.62. The largest absolute Gasteiger partial charge is 0.465 e. The Morgan fingerprint density at radius 1 is 1.24 bits per heavy atom. The van der Waals surface area contributed by atoms with Crippen LogP contribution in [0, 0.1) is 0 Å². The molecule has 3 rings (SSSR count). The first-order valence-corrected chi connectivity index (χ1v) is 7.59. The van der Waals surface area contributed by atoms with Crippen LogP contribution in [0.25, 0.3) is 6.08 Å². The molecular weight excluding hydrogens is 252 g/mol. The number of furan rings is 1. The van der Waals surface area contributed by atoms with Crippen molar-refractivity contribution < 1.29 is 9.21 Å². The van der Waals surface area contributed by atoms with Crippen molar-refractivity contribution in [2.24, 2.45) is 0 Å². The van der Waals surface area contributed by atoms with E-state index in [9.17, 15) is 4.79 Å².